The summed E-state index contributed by atoms with van der Waals surface area (Å²) in [6.07, 6.45) is -10.1. The number of hydrogen-bond acceptors (Lipinski definition) is 3. The molecule has 10 heteroatoms. The van der Waals surface area contributed by atoms with Gasteiger partial charge >= 0.3 is 12.4 Å². The summed E-state index contributed by atoms with van der Waals surface area (Å²) in [5.74, 6) is -1.88. The predicted octanol–water partition coefficient (Wildman–Crippen LogP) is 5.92. The maximum Gasteiger partial charge on any atom is 0.416 e. The highest BCUT2D eigenvalue weighted by Crippen LogP contribution is 2.43. The number of phenols is 1. The third-order valence-electron chi connectivity index (χ3n) is 4.08. The van der Waals surface area contributed by atoms with Gasteiger partial charge in [-0.2, -0.15) is 26.3 Å². The van der Waals surface area contributed by atoms with E-state index in [9.17, 15) is 36.2 Å². The van der Waals surface area contributed by atoms with Gasteiger partial charge < -0.3 is 10.8 Å². The third-order valence-corrected chi connectivity index (χ3v) is 5.00. The van der Waals surface area contributed by atoms with Crippen LogP contribution in [0.15, 0.2) is 47.8 Å². The second kappa shape index (κ2) is 7.11. The summed E-state index contributed by atoms with van der Waals surface area (Å²) in [5.41, 5.74) is 1.12. The van der Waals surface area contributed by atoms with Crippen LogP contribution in [-0.4, -0.2) is 11.0 Å². The number of hydrogen-bond donors (Lipinski definition) is 2. The Bertz CT molecular complexity index is 1040. The van der Waals surface area contributed by atoms with E-state index in [1.54, 1.807) is 17.5 Å². The lowest BCUT2D eigenvalue weighted by atomic mass is 9.94. The first kappa shape index (κ1) is 20.7. The number of rotatable bonds is 3. The number of thiophene rings is 1. The summed E-state index contributed by atoms with van der Waals surface area (Å²) in [6, 6.07) is 6.69. The molecular formula is C19H11F6NO2S. The highest BCUT2D eigenvalue weighted by molar-refractivity contribution is 7.13. The Hall–Kier alpha value is -3.01. The Balaban J connectivity index is 2.34. The van der Waals surface area contributed by atoms with E-state index in [1.165, 1.54) is 23.5 Å². The molecule has 0 aliphatic carbocycles. The molecule has 0 radical (unpaired) electrons. The molecule has 0 spiro atoms. The predicted molar refractivity (Wildman–Crippen MR) is 95.4 cm³/mol. The van der Waals surface area contributed by atoms with Crippen molar-refractivity contribution in [3.8, 4) is 27.3 Å². The van der Waals surface area contributed by atoms with Crippen molar-refractivity contribution in [1.82, 2.24) is 0 Å². The van der Waals surface area contributed by atoms with Crippen LogP contribution in [0.1, 0.15) is 21.5 Å². The minimum atomic E-state index is -5.05. The quantitative estimate of drug-likeness (QED) is 0.506. The van der Waals surface area contributed by atoms with Gasteiger partial charge in [0.05, 0.1) is 16.7 Å². The van der Waals surface area contributed by atoms with Crippen molar-refractivity contribution in [2.24, 2.45) is 5.73 Å². The Morgan fingerprint density at radius 2 is 1.48 bits per heavy atom. The summed E-state index contributed by atoms with van der Waals surface area (Å²) in [7, 11) is 0. The normalized spacial score (nSPS) is 12.2. The van der Waals surface area contributed by atoms with E-state index in [1.807, 2.05) is 0 Å². The van der Waals surface area contributed by atoms with Crippen LogP contribution >= 0.6 is 11.3 Å². The molecule has 3 nitrogen and oxygen atoms in total. The molecule has 0 aliphatic heterocycles. The zero-order chi connectivity index (χ0) is 21.6. The monoisotopic (exact) mass is 431 g/mol. The van der Waals surface area contributed by atoms with Crippen molar-refractivity contribution in [3.63, 3.8) is 0 Å². The summed E-state index contributed by atoms with van der Waals surface area (Å²) < 4.78 is 79.0. The summed E-state index contributed by atoms with van der Waals surface area (Å²) in [5, 5.41) is 12.1. The Morgan fingerprint density at radius 1 is 0.897 bits per heavy atom. The van der Waals surface area contributed by atoms with E-state index in [0.717, 1.165) is 0 Å². The van der Waals surface area contributed by atoms with Crippen LogP contribution < -0.4 is 5.73 Å². The standard InChI is InChI=1S/C19H11F6NO2S/c20-18(21,22)11-4-9(5-12(8-11)19(23,24)25)13-6-10(15-2-1-3-29-15)7-14(16(13)27)17(26)28/h1-8,27H,(H2,26,28). The van der Waals surface area contributed by atoms with E-state index in [0.29, 0.717) is 22.6 Å². The van der Waals surface area contributed by atoms with Gasteiger partial charge in [-0.05, 0) is 52.9 Å². The molecule has 1 amide bonds. The average molecular weight is 431 g/mol. The molecule has 0 atom stereocenters. The van der Waals surface area contributed by atoms with Gasteiger partial charge in [-0.1, -0.05) is 6.07 Å². The number of carbonyl (C=O) groups excluding carboxylic acids is 1. The van der Waals surface area contributed by atoms with Crippen LogP contribution in [0.2, 0.25) is 0 Å². The molecule has 152 valence electrons. The van der Waals surface area contributed by atoms with Crippen molar-refractivity contribution in [1.29, 1.82) is 0 Å². The fraction of sp³-hybridized carbons (Fsp3) is 0.105. The second-order valence-electron chi connectivity index (χ2n) is 6.06. The van der Waals surface area contributed by atoms with Crippen LogP contribution in [0, 0.1) is 0 Å². The lowest BCUT2D eigenvalue weighted by Gasteiger charge is -2.16. The van der Waals surface area contributed by atoms with E-state index < -0.39 is 46.3 Å². The molecular weight excluding hydrogens is 420 g/mol. The van der Waals surface area contributed by atoms with E-state index in [4.69, 9.17) is 5.73 Å². The number of amides is 1. The minimum Gasteiger partial charge on any atom is -0.506 e. The van der Waals surface area contributed by atoms with Gasteiger partial charge in [0.2, 0.25) is 0 Å². The number of carbonyl (C=O) groups is 1. The Labute approximate surface area is 164 Å². The fourth-order valence-electron chi connectivity index (χ4n) is 2.74. The van der Waals surface area contributed by atoms with Gasteiger partial charge in [0, 0.05) is 10.4 Å². The number of nitrogens with two attached hydrogens (primary N) is 1. The molecule has 3 aromatic rings. The molecule has 29 heavy (non-hydrogen) atoms. The highest BCUT2D eigenvalue weighted by Gasteiger charge is 2.37. The Kier molecular flexibility index (Phi) is 5.08. The van der Waals surface area contributed by atoms with Crippen molar-refractivity contribution in [2.75, 3.05) is 0 Å². The van der Waals surface area contributed by atoms with Crippen LogP contribution in [0.25, 0.3) is 21.6 Å². The van der Waals surface area contributed by atoms with Crippen molar-refractivity contribution >= 4 is 17.2 Å². The first-order chi connectivity index (χ1) is 13.4. The third kappa shape index (κ3) is 4.21. The van der Waals surface area contributed by atoms with Gasteiger partial charge in [0.1, 0.15) is 5.75 Å². The largest absolute Gasteiger partial charge is 0.506 e. The SMILES string of the molecule is NC(=O)c1cc(-c2cccs2)cc(-c2cc(C(F)(F)F)cc(C(F)(F)F)c2)c1O. The average Bonchev–Trinajstić information content (AvgIpc) is 3.14. The first-order valence-corrected chi connectivity index (χ1v) is 8.76. The summed E-state index contributed by atoms with van der Waals surface area (Å²) in [6.45, 7) is 0. The van der Waals surface area contributed by atoms with Crippen LogP contribution in [-0.2, 0) is 12.4 Å². The van der Waals surface area contributed by atoms with Gasteiger partial charge in [0.25, 0.3) is 5.91 Å². The van der Waals surface area contributed by atoms with Crippen molar-refractivity contribution in [3.05, 3.63) is 64.5 Å². The fourth-order valence-corrected chi connectivity index (χ4v) is 3.45. The van der Waals surface area contributed by atoms with Gasteiger partial charge in [-0.25, -0.2) is 0 Å². The van der Waals surface area contributed by atoms with E-state index >= 15 is 0 Å². The zero-order valence-electron chi connectivity index (χ0n) is 14.2. The minimum absolute atomic E-state index is 0.0152. The maximum atomic E-state index is 13.2. The Morgan fingerprint density at radius 3 is 1.93 bits per heavy atom. The van der Waals surface area contributed by atoms with E-state index in [-0.39, 0.29) is 11.6 Å². The molecule has 0 saturated heterocycles. The summed E-state index contributed by atoms with van der Waals surface area (Å²) >= 11 is 1.23. The lowest BCUT2D eigenvalue weighted by Crippen LogP contribution is -2.12. The molecule has 0 saturated carbocycles. The van der Waals surface area contributed by atoms with Crippen molar-refractivity contribution in [2.45, 2.75) is 12.4 Å². The molecule has 2 aromatic carbocycles. The van der Waals surface area contributed by atoms with Crippen LogP contribution in [0.5, 0.6) is 5.75 Å². The van der Waals surface area contributed by atoms with Crippen molar-refractivity contribution < 1.29 is 36.2 Å². The molecule has 0 fully saturated rings. The van der Waals surface area contributed by atoms with Gasteiger partial charge in [0.15, 0.2) is 0 Å². The molecule has 3 rings (SSSR count). The molecule has 0 aliphatic rings. The summed E-state index contributed by atoms with van der Waals surface area (Å²) in [4.78, 5) is 12.3. The lowest BCUT2D eigenvalue weighted by molar-refractivity contribution is -0.143. The number of alkyl halides is 6. The topological polar surface area (TPSA) is 63.3 Å². The second-order valence-corrected chi connectivity index (χ2v) is 7.00. The molecule has 1 heterocycles. The van der Waals surface area contributed by atoms with E-state index in [2.05, 4.69) is 0 Å². The number of halogens is 6. The highest BCUT2D eigenvalue weighted by atomic mass is 32.1. The number of aromatic hydroxyl groups is 1. The maximum absolute atomic E-state index is 13.2. The van der Waals surface area contributed by atoms with Crippen LogP contribution in [0.4, 0.5) is 26.3 Å². The van der Waals surface area contributed by atoms with Gasteiger partial charge in [-0.15, -0.1) is 11.3 Å². The van der Waals surface area contributed by atoms with Gasteiger partial charge in [-0.3, -0.25) is 4.79 Å². The zero-order valence-corrected chi connectivity index (χ0v) is 15.0. The smallest absolute Gasteiger partial charge is 0.416 e. The number of benzene rings is 2. The number of primary amides is 1. The molecule has 3 N–H and O–H groups in total. The van der Waals surface area contributed by atoms with Crippen LogP contribution in [0.3, 0.4) is 0 Å². The molecule has 0 bridgehead atoms. The molecule has 0 unspecified atom stereocenters. The first-order valence-electron chi connectivity index (χ1n) is 7.88. The molecule has 1 aromatic heterocycles.